The maximum Gasteiger partial charge on any atom is 0.337 e. The molecule has 4 rings (SSSR count). The van der Waals surface area contributed by atoms with Crippen molar-refractivity contribution < 1.29 is 38.1 Å². The second-order valence-corrected chi connectivity index (χ2v) is 10.3. The Hall–Kier alpha value is -4.11. The van der Waals surface area contributed by atoms with E-state index in [-0.39, 0.29) is 37.4 Å². The van der Waals surface area contributed by atoms with Gasteiger partial charge in [-0.2, -0.15) is 0 Å². The Balaban J connectivity index is 1.71. The number of carbonyl (C=O) groups excluding carboxylic acids is 3. The predicted octanol–water partition coefficient (Wildman–Crippen LogP) is 4.82. The van der Waals surface area contributed by atoms with Gasteiger partial charge in [-0.05, 0) is 68.5 Å². The number of hydrogen-bond donors (Lipinski definition) is 1. The molecule has 41 heavy (non-hydrogen) atoms. The molecule has 2 aromatic carbocycles. The Morgan fingerprint density at radius 2 is 1.59 bits per heavy atom. The molecule has 1 N–H and O–H groups in total. The number of ketones is 1. The quantitative estimate of drug-likeness (QED) is 0.321. The maximum atomic E-state index is 13.9. The van der Waals surface area contributed by atoms with E-state index in [1.807, 2.05) is 39.0 Å². The van der Waals surface area contributed by atoms with Crippen molar-refractivity contribution in [3.05, 3.63) is 81.7 Å². The molecule has 218 valence electrons. The second kappa shape index (κ2) is 13.0. The molecule has 0 saturated carbocycles. The van der Waals surface area contributed by atoms with Gasteiger partial charge in [-0.15, -0.1) is 0 Å². The van der Waals surface area contributed by atoms with Crippen molar-refractivity contribution in [3.8, 4) is 11.5 Å². The Kier molecular flexibility index (Phi) is 9.50. The average molecular weight is 564 g/mol. The zero-order chi connectivity index (χ0) is 29.7. The van der Waals surface area contributed by atoms with Crippen LogP contribution < -0.4 is 14.8 Å². The minimum Gasteiger partial charge on any atom is -0.493 e. The number of carbonyl (C=O) groups is 3. The van der Waals surface area contributed by atoms with Gasteiger partial charge in [0.15, 0.2) is 17.3 Å². The molecule has 9 nitrogen and oxygen atoms in total. The molecular weight excluding hydrogens is 526 g/mol. The van der Waals surface area contributed by atoms with Crippen LogP contribution in [0.3, 0.4) is 0 Å². The van der Waals surface area contributed by atoms with E-state index < -0.39 is 17.9 Å². The number of allylic oxidation sites excluding steroid dienone is 3. The van der Waals surface area contributed by atoms with E-state index in [2.05, 4.69) is 5.32 Å². The molecule has 1 aliphatic carbocycles. The third-order valence-electron chi connectivity index (χ3n) is 7.36. The van der Waals surface area contributed by atoms with E-state index in [1.165, 1.54) is 7.11 Å². The number of benzene rings is 2. The molecule has 1 heterocycles. The number of nitrogens with one attached hydrogen (secondary N) is 1. The average Bonchev–Trinajstić information content (AvgIpc) is 2.97. The Labute approximate surface area is 240 Å². The number of dihydropyridines is 1. The van der Waals surface area contributed by atoms with Crippen molar-refractivity contribution in [1.82, 2.24) is 5.32 Å². The van der Waals surface area contributed by atoms with Crippen molar-refractivity contribution in [3.63, 3.8) is 0 Å². The van der Waals surface area contributed by atoms with Crippen LogP contribution in [-0.4, -0.2) is 58.4 Å². The maximum absolute atomic E-state index is 13.9. The SMILES string of the molecule is COC(=O)c1ccc(C2C(C(=O)OCCOC(C)C)=C(C)NC3=C2C(=O)CC(c2ccc(OC)c(OC)c2)C3)cc1. The van der Waals surface area contributed by atoms with Crippen LogP contribution in [0.4, 0.5) is 0 Å². The zero-order valence-corrected chi connectivity index (χ0v) is 24.4. The third kappa shape index (κ3) is 6.46. The summed E-state index contributed by atoms with van der Waals surface area (Å²) in [4.78, 5) is 39.4. The molecule has 1 aliphatic heterocycles. The molecule has 0 amide bonds. The van der Waals surface area contributed by atoms with Crippen molar-refractivity contribution in [2.45, 2.75) is 51.6 Å². The fourth-order valence-electron chi connectivity index (χ4n) is 5.41. The van der Waals surface area contributed by atoms with Gasteiger partial charge < -0.3 is 29.0 Å². The van der Waals surface area contributed by atoms with Gasteiger partial charge in [-0.3, -0.25) is 4.79 Å². The third-order valence-corrected chi connectivity index (χ3v) is 7.36. The highest BCUT2D eigenvalue weighted by Crippen LogP contribution is 2.46. The minimum absolute atomic E-state index is 0.0123. The molecule has 0 aromatic heterocycles. The molecule has 0 fully saturated rings. The van der Waals surface area contributed by atoms with Gasteiger partial charge in [0.1, 0.15) is 6.61 Å². The van der Waals surface area contributed by atoms with Crippen molar-refractivity contribution >= 4 is 17.7 Å². The van der Waals surface area contributed by atoms with E-state index in [0.29, 0.717) is 45.9 Å². The van der Waals surface area contributed by atoms with E-state index >= 15 is 0 Å². The summed E-state index contributed by atoms with van der Waals surface area (Å²) >= 11 is 0. The zero-order valence-electron chi connectivity index (χ0n) is 24.4. The first-order chi connectivity index (χ1) is 19.7. The normalized spacial score (nSPS) is 18.6. The lowest BCUT2D eigenvalue weighted by Gasteiger charge is -2.36. The molecule has 2 aromatic rings. The topological polar surface area (TPSA) is 109 Å². The number of rotatable bonds is 10. The van der Waals surface area contributed by atoms with Crippen LogP contribution in [0.5, 0.6) is 11.5 Å². The molecule has 2 unspecified atom stereocenters. The molecule has 0 saturated heterocycles. The van der Waals surface area contributed by atoms with Crippen LogP contribution in [0.25, 0.3) is 0 Å². The van der Waals surface area contributed by atoms with E-state index in [9.17, 15) is 14.4 Å². The number of ether oxygens (including phenoxy) is 5. The summed E-state index contributed by atoms with van der Waals surface area (Å²) in [6, 6.07) is 12.5. The lowest BCUT2D eigenvalue weighted by molar-refractivity contribution is -0.141. The van der Waals surface area contributed by atoms with Gasteiger partial charge in [-0.25, -0.2) is 9.59 Å². The molecule has 0 spiro atoms. The number of esters is 2. The smallest absolute Gasteiger partial charge is 0.337 e. The highest BCUT2D eigenvalue weighted by Gasteiger charge is 2.41. The standard InChI is InChI=1S/C32H37NO8/c1-18(2)40-13-14-41-32(36)28-19(3)33-24-15-23(22-11-12-26(37-4)27(17-22)38-5)16-25(34)30(24)29(28)20-7-9-21(10-8-20)31(35)39-6/h7-12,17-18,23,29,33H,13-16H2,1-6H3. The van der Waals surface area contributed by atoms with Crippen molar-refractivity contribution in [2.24, 2.45) is 0 Å². The van der Waals surface area contributed by atoms with Gasteiger partial charge in [0.2, 0.25) is 0 Å². The van der Waals surface area contributed by atoms with Gasteiger partial charge >= 0.3 is 11.9 Å². The Morgan fingerprint density at radius 3 is 2.22 bits per heavy atom. The fraction of sp³-hybridized carbons (Fsp3) is 0.406. The van der Waals surface area contributed by atoms with Crippen LogP contribution in [0.1, 0.15) is 66.9 Å². The summed E-state index contributed by atoms with van der Waals surface area (Å²) in [6.45, 7) is 5.98. The summed E-state index contributed by atoms with van der Waals surface area (Å²) in [5, 5.41) is 3.35. The first-order valence-electron chi connectivity index (χ1n) is 13.6. The first kappa shape index (κ1) is 29.9. The summed E-state index contributed by atoms with van der Waals surface area (Å²) in [7, 11) is 4.48. The fourth-order valence-corrected chi connectivity index (χ4v) is 5.41. The summed E-state index contributed by atoms with van der Waals surface area (Å²) in [5.41, 5.74) is 4.30. The Morgan fingerprint density at radius 1 is 0.902 bits per heavy atom. The Bertz CT molecular complexity index is 1370. The van der Waals surface area contributed by atoms with Crippen molar-refractivity contribution in [1.29, 1.82) is 0 Å². The molecule has 2 aliphatic rings. The molecule has 0 radical (unpaired) electrons. The van der Waals surface area contributed by atoms with Gasteiger partial charge in [0.25, 0.3) is 0 Å². The minimum atomic E-state index is -0.657. The lowest BCUT2D eigenvalue weighted by Crippen LogP contribution is -2.36. The number of methoxy groups -OCH3 is 3. The predicted molar refractivity (Wildman–Crippen MR) is 152 cm³/mol. The lowest BCUT2D eigenvalue weighted by atomic mass is 9.71. The van der Waals surface area contributed by atoms with Crippen LogP contribution in [0.2, 0.25) is 0 Å². The van der Waals surface area contributed by atoms with Crippen LogP contribution in [-0.2, 0) is 23.8 Å². The van der Waals surface area contributed by atoms with Gasteiger partial charge in [0.05, 0.1) is 45.2 Å². The van der Waals surface area contributed by atoms with E-state index in [1.54, 1.807) is 38.5 Å². The van der Waals surface area contributed by atoms with E-state index in [0.717, 1.165) is 11.3 Å². The molecular formula is C32H37NO8. The van der Waals surface area contributed by atoms with Crippen LogP contribution >= 0.6 is 0 Å². The van der Waals surface area contributed by atoms with Crippen LogP contribution in [0, 0.1) is 0 Å². The highest BCUT2D eigenvalue weighted by molar-refractivity contribution is 6.04. The van der Waals surface area contributed by atoms with Gasteiger partial charge in [-0.1, -0.05) is 18.2 Å². The highest BCUT2D eigenvalue weighted by atomic mass is 16.6. The van der Waals surface area contributed by atoms with Gasteiger partial charge in [0, 0.05) is 29.3 Å². The summed E-state index contributed by atoms with van der Waals surface area (Å²) in [5.74, 6) is -0.594. The van der Waals surface area contributed by atoms with Crippen molar-refractivity contribution in [2.75, 3.05) is 34.5 Å². The summed E-state index contributed by atoms with van der Waals surface area (Å²) in [6.07, 6.45) is 0.837. The summed E-state index contributed by atoms with van der Waals surface area (Å²) < 4.78 is 26.8. The van der Waals surface area contributed by atoms with E-state index in [4.69, 9.17) is 23.7 Å². The molecule has 0 bridgehead atoms. The second-order valence-electron chi connectivity index (χ2n) is 10.3. The first-order valence-corrected chi connectivity index (χ1v) is 13.6. The monoisotopic (exact) mass is 563 g/mol. The number of Topliss-reactive ketones (excluding diaryl/α,β-unsaturated/α-hetero) is 1. The molecule has 2 atom stereocenters. The van der Waals surface area contributed by atoms with Crippen LogP contribution in [0.15, 0.2) is 65.0 Å². The molecule has 9 heteroatoms. The largest absolute Gasteiger partial charge is 0.493 e. The number of hydrogen-bond acceptors (Lipinski definition) is 9.